The predicted molar refractivity (Wildman–Crippen MR) is 95.8 cm³/mol. The van der Waals surface area contributed by atoms with Crippen LogP contribution in [-0.4, -0.2) is 22.9 Å². The molecule has 27 heavy (non-hydrogen) atoms. The van der Waals surface area contributed by atoms with Crippen LogP contribution in [0.3, 0.4) is 0 Å². The normalized spacial score (nSPS) is 12.2. The van der Waals surface area contributed by atoms with Gasteiger partial charge in [0.25, 0.3) is 5.89 Å². The van der Waals surface area contributed by atoms with Crippen molar-refractivity contribution in [2.24, 2.45) is 0 Å². The third kappa shape index (κ3) is 3.59. The molecule has 0 saturated carbocycles. The van der Waals surface area contributed by atoms with E-state index in [0.717, 1.165) is 12.0 Å². The maximum Gasteiger partial charge on any atom is 0.338 e. The van der Waals surface area contributed by atoms with Gasteiger partial charge >= 0.3 is 5.97 Å². The average Bonchev–Trinajstić information content (AvgIpc) is 3.36. The first-order valence-corrected chi connectivity index (χ1v) is 8.70. The Morgan fingerprint density at radius 3 is 2.81 bits per heavy atom. The lowest BCUT2D eigenvalue weighted by Gasteiger charge is -2.04. The molecular formula is C19H15ClN2O5. The Hall–Kier alpha value is -3.06. The van der Waals surface area contributed by atoms with Gasteiger partial charge in [0.1, 0.15) is 0 Å². The summed E-state index contributed by atoms with van der Waals surface area (Å²) in [5, 5.41) is 4.20. The number of fused-ring (bicyclic) bond motifs is 1. The lowest BCUT2D eigenvalue weighted by atomic mass is 10.1. The third-order valence-electron chi connectivity index (χ3n) is 4.08. The number of aryl methyl sites for hydroxylation is 1. The van der Waals surface area contributed by atoms with Crippen LogP contribution in [0.5, 0.6) is 11.5 Å². The molecule has 1 aromatic heterocycles. The van der Waals surface area contributed by atoms with Gasteiger partial charge in [0, 0.05) is 5.56 Å². The molecule has 0 amide bonds. The van der Waals surface area contributed by atoms with E-state index in [1.807, 2.05) is 24.3 Å². The lowest BCUT2D eigenvalue weighted by Crippen LogP contribution is -2.05. The Morgan fingerprint density at radius 2 is 2.04 bits per heavy atom. The molecule has 1 aliphatic rings. The molecule has 8 heteroatoms. The summed E-state index contributed by atoms with van der Waals surface area (Å²) in [5.41, 5.74) is 2.30. The van der Waals surface area contributed by atoms with E-state index in [4.69, 9.17) is 30.3 Å². The number of nitrogens with zero attached hydrogens (tertiary/aromatic N) is 2. The Morgan fingerprint density at radius 1 is 1.22 bits per heavy atom. The average molecular weight is 387 g/mol. The number of ether oxygens (including phenoxy) is 3. The fourth-order valence-corrected chi connectivity index (χ4v) is 2.88. The number of rotatable bonds is 5. The van der Waals surface area contributed by atoms with E-state index >= 15 is 0 Å². The lowest BCUT2D eigenvalue weighted by molar-refractivity contribution is 0.0429. The fourth-order valence-electron chi connectivity index (χ4n) is 2.62. The van der Waals surface area contributed by atoms with Crippen LogP contribution in [0.2, 0.25) is 5.02 Å². The molecule has 3 aromatic rings. The predicted octanol–water partition coefficient (Wildman–Crippen LogP) is 4.04. The van der Waals surface area contributed by atoms with Gasteiger partial charge in [-0.25, -0.2) is 4.79 Å². The highest BCUT2D eigenvalue weighted by molar-refractivity contribution is 6.32. The SMILES string of the molecule is CCc1ccc(-c2noc(COC(=O)c3cc(Cl)c4c(c3)OCO4)n2)cc1. The van der Waals surface area contributed by atoms with Crippen molar-refractivity contribution >= 4 is 17.6 Å². The first kappa shape index (κ1) is 17.4. The summed E-state index contributed by atoms with van der Waals surface area (Å²) >= 11 is 6.08. The number of hydrogen-bond acceptors (Lipinski definition) is 7. The van der Waals surface area contributed by atoms with Crippen LogP contribution in [0.1, 0.15) is 28.7 Å². The molecule has 0 spiro atoms. The molecule has 0 atom stereocenters. The van der Waals surface area contributed by atoms with E-state index in [9.17, 15) is 4.79 Å². The molecule has 0 N–H and O–H groups in total. The van der Waals surface area contributed by atoms with Crippen molar-refractivity contribution in [3.8, 4) is 22.9 Å². The standard InChI is InChI=1S/C19H15ClN2O5/c1-2-11-3-5-12(6-4-11)18-21-16(27-22-18)9-24-19(23)13-7-14(20)17-15(8-13)25-10-26-17/h3-8H,2,9-10H2,1H3. The summed E-state index contributed by atoms with van der Waals surface area (Å²) in [6, 6.07) is 10.8. The maximum absolute atomic E-state index is 12.3. The quantitative estimate of drug-likeness (QED) is 0.612. The zero-order valence-corrected chi connectivity index (χ0v) is 15.2. The van der Waals surface area contributed by atoms with Crippen molar-refractivity contribution in [1.82, 2.24) is 10.1 Å². The van der Waals surface area contributed by atoms with Gasteiger partial charge in [-0.1, -0.05) is 47.9 Å². The highest BCUT2D eigenvalue weighted by Crippen LogP contribution is 2.39. The highest BCUT2D eigenvalue weighted by Gasteiger charge is 2.22. The van der Waals surface area contributed by atoms with E-state index in [2.05, 4.69) is 17.1 Å². The minimum atomic E-state index is -0.581. The van der Waals surface area contributed by atoms with E-state index in [1.165, 1.54) is 17.7 Å². The van der Waals surface area contributed by atoms with Gasteiger partial charge in [0.2, 0.25) is 12.6 Å². The Kier molecular flexibility index (Phi) is 4.68. The van der Waals surface area contributed by atoms with Gasteiger partial charge in [-0.3, -0.25) is 0 Å². The van der Waals surface area contributed by atoms with Gasteiger partial charge < -0.3 is 18.7 Å². The van der Waals surface area contributed by atoms with Crippen molar-refractivity contribution in [3.63, 3.8) is 0 Å². The smallest absolute Gasteiger partial charge is 0.338 e. The van der Waals surface area contributed by atoms with Crippen LogP contribution < -0.4 is 9.47 Å². The zero-order valence-electron chi connectivity index (χ0n) is 14.4. The molecule has 0 bridgehead atoms. The number of hydrogen-bond donors (Lipinski definition) is 0. The molecule has 0 unspecified atom stereocenters. The number of aromatic nitrogens is 2. The van der Waals surface area contributed by atoms with Crippen molar-refractivity contribution < 1.29 is 23.5 Å². The summed E-state index contributed by atoms with van der Waals surface area (Å²) in [4.78, 5) is 16.5. The number of carbonyl (C=O) groups excluding carboxylic acids is 1. The van der Waals surface area contributed by atoms with Crippen LogP contribution in [0.15, 0.2) is 40.9 Å². The minimum Gasteiger partial charge on any atom is -0.454 e. The first-order valence-electron chi connectivity index (χ1n) is 8.32. The van der Waals surface area contributed by atoms with E-state index in [-0.39, 0.29) is 29.9 Å². The van der Waals surface area contributed by atoms with E-state index in [1.54, 1.807) is 0 Å². The van der Waals surface area contributed by atoms with Gasteiger partial charge in [0.15, 0.2) is 18.1 Å². The molecule has 0 fully saturated rings. The van der Waals surface area contributed by atoms with Crippen LogP contribution in [-0.2, 0) is 17.8 Å². The van der Waals surface area contributed by atoms with Gasteiger partial charge in [-0.2, -0.15) is 4.98 Å². The molecule has 0 aliphatic carbocycles. The maximum atomic E-state index is 12.3. The number of esters is 1. The Balaban J connectivity index is 1.42. The van der Waals surface area contributed by atoms with Crippen LogP contribution in [0.4, 0.5) is 0 Å². The second kappa shape index (κ2) is 7.28. The van der Waals surface area contributed by atoms with Crippen molar-refractivity contribution in [2.75, 3.05) is 6.79 Å². The summed E-state index contributed by atoms with van der Waals surface area (Å²) in [6.45, 7) is 2.01. The third-order valence-corrected chi connectivity index (χ3v) is 4.36. The van der Waals surface area contributed by atoms with Gasteiger partial charge in [-0.05, 0) is 24.1 Å². The molecule has 4 rings (SSSR count). The molecule has 138 valence electrons. The van der Waals surface area contributed by atoms with Gasteiger partial charge in [-0.15, -0.1) is 0 Å². The summed E-state index contributed by atoms with van der Waals surface area (Å²) in [6.07, 6.45) is 0.956. The van der Waals surface area contributed by atoms with Crippen molar-refractivity contribution in [2.45, 2.75) is 20.0 Å². The summed E-state index contributed by atoms with van der Waals surface area (Å²) in [5.74, 6) is 0.885. The second-order valence-electron chi connectivity index (χ2n) is 5.83. The number of carbonyl (C=O) groups is 1. The summed E-state index contributed by atoms with van der Waals surface area (Å²) in [7, 11) is 0. The topological polar surface area (TPSA) is 83.7 Å². The molecule has 1 aliphatic heterocycles. The molecule has 2 aromatic carbocycles. The largest absolute Gasteiger partial charge is 0.454 e. The van der Waals surface area contributed by atoms with Crippen LogP contribution in [0, 0.1) is 0 Å². The van der Waals surface area contributed by atoms with Crippen LogP contribution >= 0.6 is 11.6 Å². The Bertz CT molecular complexity index is 984. The van der Waals surface area contributed by atoms with Crippen molar-refractivity contribution in [1.29, 1.82) is 0 Å². The van der Waals surface area contributed by atoms with E-state index < -0.39 is 5.97 Å². The number of benzene rings is 2. The molecular weight excluding hydrogens is 372 g/mol. The van der Waals surface area contributed by atoms with E-state index in [0.29, 0.717) is 17.3 Å². The first-order chi connectivity index (χ1) is 13.1. The Labute approximate surface area is 159 Å². The molecule has 7 nitrogen and oxygen atoms in total. The second-order valence-corrected chi connectivity index (χ2v) is 6.24. The van der Waals surface area contributed by atoms with Crippen LogP contribution in [0.25, 0.3) is 11.4 Å². The highest BCUT2D eigenvalue weighted by atomic mass is 35.5. The molecule has 2 heterocycles. The minimum absolute atomic E-state index is 0.0670. The molecule has 0 radical (unpaired) electrons. The van der Waals surface area contributed by atoms with Gasteiger partial charge in [0.05, 0.1) is 10.6 Å². The molecule has 0 saturated heterocycles. The zero-order chi connectivity index (χ0) is 18.8. The van der Waals surface area contributed by atoms with Crippen molar-refractivity contribution in [3.05, 3.63) is 58.4 Å². The summed E-state index contributed by atoms with van der Waals surface area (Å²) < 4.78 is 20.8. The monoisotopic (exact) mass is 386 g/mol. The fraction of sp³-hybridized carbons (Fsp3) is 0.211. The number of halogens is 1.